The van der Waals surface area contributed by atoms with Gasteiger partial charge in [-0.3, -0.25) is 9.59 Å². The first-order chi connectivity index (χ1) is 9.69. The van der Waals surface area contributed by atoms with Crippen LogP contribution >= 0.6 is 11.3 Å². The van der Waals surface area contributed by atoms with E-state index in [1.54, 1.807) is 6.07 Å². The Morgan fingerprint density at radius 3 is 3.00 bits per heavy atom. The molecule has 0 radical (unpaired) electrons. The largest absolute Gasteiger partial charge is 0.384 e. The highest BCUT2D eigenvalue weighted by molar-refractivity contribution is 7.12. The second-order valence-corrected chi connectivity index (χ2v) is 5.02. The molecule has 0 saturated carbocycles. The molecule has 0 unspecified atom stereocenters. The van der Waals surface area contributed by atoms with E-state index in [0.717, 1.165) is 9.75 Å². The van der Waals surface area contributed by atoms with Gasteiger partial charge >= 0.3 is 0 Å². The third-order valence-electron chi connectivity index (χ3n) is 2.41. The van der Waals surface area contributed by atoms with E-state index in [4.69, 9.17) is 5.11 Å². The number of pyridine rings is 1. The Labute approximate surface area is 119 Å². The fourth-order valence-electron chi connectivity index (χ4n) is 1.52. The molecule has 0 fully saturated rings. The summed E-state index contributed by atoms with van der Waals surface area (Å²) in [5.74, 6) is 5.07. The quantitative estimate of drug-likeness (QED) is 0.728. The van der Waals surface area contributed by atoms with Gasteiger partial charge in [-0.2, -0.15) is 0 Å². The van der Waals surface area contributed by atoms with Gasteiger partial charge in [0.15, 0.2) is 0 Å². The molecule has 2 aromatic heterocycles. The summed E-state index contributed by atoms with van der Waals surface area (Å²) in [4.78, 5) is 27.2. The zero-order valence-corrected chi connectivity index (χ0v) is 11.3. The molecule has 0 aliphatic carbocycles. The molecule has 0 aliphatic rings. The number of hydrogen-bond acceptors (Lipinski definition) is 4. The van der Waals surface area contributed by atoms with E-state index < -0.39 is 0 Å². The minimum absolute atomic E-state index is 0.174. The van der Waals surface area contributed by atoms with E-state index in [9.17, 15) is 9.59 Å². The SMILES string of the molecule is O=C(NCc1ccc(C#CCO)s1)c1cc[nH]c(=O)c1. The lowest BCUT2D eigenvalue weighted by atomic mass is 10.2. The number of hydrogen-bond donors (Lipinski definition) is 3. The summed E-state index contributed by atoms with van der Waals surface area (Å²) >= 11 is 1.45. The number of aromatic amines is 1. The normalized spacial score (nSPS) is 9.65. The first kappa shape index (κ1) is 14.1. The Bertz CT molecular complexity index is 722. The third kappa shape index (κ3) is 3.82. The van der Waals surface area contributed by atoms with Crippen molar-refractivity contribution in [3.8, 4) is 11.8 Å². The number of nitrogens with one attached hydrogen (secondary N) is 2. The minimum atomic E-state index is -0.310. The fourth-order valence-corrected chi connectivity index (χ4v) is 2.34. The zero-order chi connectivity index (χ0) is 14.4. The van der Waals surface area contributed by atoms with Gasteiger partial charge in [-0.05, 0) is 18.2 Å². The summed E-state index contributed by atoms with van der Waals surface area (Å²) in [6.07, 6.45) is 1.44. The molecule has 2 rings (SSSR count). The van der Waals surface area contributed by atoms with Crippen LogP contribution in [0.15, 0.2) is 35.3 Å². The number of thiophene rings is 1. The number of carbonyl (C=O) groups excluding carboxylic acids is 1. The maximum atomic E-state index is 11.8. The number of rotatable bonds is 3. The van der Waals surface area contributed by atoms with E-state index in [1.165, 1.54) is 23.6 Å². The van der Waals surface area contributed by atoms with Crippen LogP contribution in [0.5, 0.6) is 0 Å². The third-order valence-corrected chi connectivity index (χ3v) is 3.41. The average molecular weight is 288 g/mol. The Hall–Kier alpha value is -2.36. The standard InChI is InChI=1S/C14H12N2O3S/c17-7-1-2-11-3-4-12(20-11)9-16-14(19)10-5-6-15-13(18)8-10/h3-6,8,17H,7,9H2,(H,15,18)(H,16,19). The molecule has 0 bridgehead atoms. The maximum Gasteiger partial charge on any atom is 0.251 e. The number of carbonyl (C=O) groups is 1. The number of aliphatic hydroxyl groups is 1. The van der Waals surface area contributed by atoms with Crippen molar-refractivity contribution in [3.05, 3.63) is 56.1 Å². The van der Waals surface area contributed by atoms with Crippen LogP contribution in [0, 0.1) is 11.8 Å². The summed E-state index contributed by atoms with van der Waals surface area (Å²) in [5, 5.41) is 11.3. The lowest BCUT2D eigenvalue weighted by Crippen LogP contribution is -2.23. The predicted molar refractivity (Wildman–Crippen MR) is 76.5 cm³/mol. The first-order valence-corrected chi connectivity index (χ1v) is 6.66. The lowest BCUT2D eigenvalue weighted by Gasteiger charge is -2.02. The molecule has 0 spiro atoms. The minimum Gasteiger partial charge on any atom is -0.384 e. The Morgan fingerprint density at radius 1 is 1.40 bits per heavy atom. The van der Waals surface area contributed by atoms with Crippen molar-refractivity contribution >= 4 is 17.2 Å². The smallest absolute Gasteiger partial charge is 0.251 e. The molecule has 20 heavy (non-hydrogen) atoms. The van der Waals surface area contributed by atoms with Crippen LogP contribution in [0.3, 0.4) is 0 Å². The second-order valence-electron chi connectivity index (χ2n) is 3.85. The van der Waals surface area contributed by atoms with Crippen molar-refractivity contribution in [3.63, 3.8) is 0 Å². The predicted octanol–water partition coefficient (Wildman–Crippen LogP) is 0.710. The Kier molecular flexibility index (Phi) is 4.71. The average Bonchev–Trinajstić information content (AvgIpc) is 2.90. The summed E-state index contributed by atoms with van der Waals surface area (Å²) in [5.41, 5.74) is 0.0148. The van der Waals surface area contributed by atoms with Gasteiger partial charge in [0.1, 0.15) is 6.61 Å². The fraction of sp³-hybridized carbons (Fsp3) is 0.143. The molecule has 1 amide bonds. The van der Waals surface area contributed by atoms with Crippen LogP contribution in [0.25, 0.3) is 0 Å². The molecule has 102 valence electrons. The number of H-pyrrole nitrogens is 1. The van der Waals surface area contributed by atoms with Gasteiger partial charge in [-0.15, -0.1) is 11.3 Å². The summed E-state index contributed by atoms with van der Waals surface area (Å²) < 4.78 is 0. The van der Waals surface area contributed by atoms with Crippen LogP contribution in [0.1, 0.15) is 20.1 Å². The molecule has 6 heteroatoms. The van der Waals surface area contributed by atoms with Crippen molar-refractivity contribution in [2.24, 2.45) is 0 Å². The van der Waals surface area contributed by atoms with Crippen LogP contribution in [0.4, 0.5) is 0 Å². The maximum absolute atomic E-state index is 11.8. The molecule has 2 heterocycles. The molecule has 0 aromatic carbocycles. The Balaban J connectivity index is 1.96. The van der Waals surface area contributed by atoms with E-state index >= 15 is 0 Å². The molecular formula is C14H12N2O3S. The number of aliphatic hydroxyl groups excluding tert-OH is 1. The van der Waals surface area contributed by atoms with E-state index in [1.807, 2.05) is 12.1 Å². The van der Waals surface area contributed by atoms with Gasteiger partial charge in [0.05, 0.1) is 11.4 Å². The molecule has 5 nitrogen and oxygen atoms in total. The van der Waals surface area contributed by atoms with Gasteiger partial charge in [0.25, 0.3) is 5.91 Å². The van der Waals surface area contributed by atoms with E-state index in [2.05, 4.69) is 22.1 Å². The molecular weight excluding hydrogens is 276 g/mol. The summed E-state index contributed by atoms with van der Waals surface area (Å²) in [6.45, 7) is 0.198. The monoisotopic (exact) mass is 288 g/mol. The van der Waals surface area contributed by atoms with Gasteiger partial charge in [0, 0.05) is 22.7 Å². The van der Waals surface area contributed by atoms with Crippen molar-refractivity contribution in [2.45, 2.75) is 6.54 Å². The van der Waals surface area contributed by atoms with Crippen molar-refractivity contribution in [1.29, 1.82) is 0 Å². The van der Waals surface area contributed by atoms with Gasteiger partial charge in [0.2, 0.25) is 5.56 Å². The lowest BCUT2D eigenvalue weighted by molar-refractivity contribution is 0.0951. The highest BCUT2D eigenvalue weighted by atomic mass is 32.1. The summed E-state index contributed by atoms with van der Waals surface area (Å²) in [6, 6.07) is 6.50. The second kappa shape index (κ2) is 6.70. The number of amides is 1. The van der Waals surface area contributed by atoms with Gasteiger partial charge in [-0.25, -0.2) is 0 Å². The van der Waals surface area contributed by atoms with Gasteiger partial charge in [-0.1, -0.05) is 11.8 Å². The molecule has 0 saturated heterocycles. The molecule has 2 aromatic rings. The highest BCUT2D eigenvalue weighted by Crippen LogP contribution is 2.15. The van der Waals surface area contributed by atoms with E-state index in [-0.39, 0.29) is 18.1 Å². The van der Waals surface area contributed by atoms with Crippen LogP contribution in [-0.4, -0.2) is 22.6 Å². The van der Waals surface area contributed by atoms with Crippen molar-refractivity contribution < 1.29 is 9.90 Å². The molecule has 3 N–H and O–H groups in total. The Morgan fingerprint density at radius 2 is 2.25 bits per heavy atom. The zero-order valence-electron chi connectivity index (χ0n) is 10.5. The van der Waals surface area contributed by atoms with Crippen LogP contribution in [-0.2, 0) is 6.54 Å². The number of aromatic nitrogens is 1. The highest BCUT2D eigenvalue weighted by Gasteiger charge is 2.06. The topological polar surface area (TPSA) is 82.2 Å². The van der Waals surface area contributed by atoms with Crippen molar-refractivity contribution in [1.82, 2.24) is 10.3 Å². The van der Waals surface area contributed by atoms with Crippen LogP contribution in [0.2, 0.25) is 0 Å². The first-order valence-electron chi connectivity index (χ1n) is 5.84. The molecule has 0 aliphatic heterocycles. The molecule has 0 atom stereocenters. The van der Waals surface area contributed by atoms with E-state index in [0.29, 0.717) is 12.1 Å². The summed E-state index contributed by atoms with van der Waals surface area (Å²) in [7, 11) is 0. The van der Waals surface area contributed by atoms with Gasteiger partial charge < -0.3 is 15.4 Å². The van der Waals surface area contributed by atoms with Crippen molar-refractivity contribution in [2.75, 3.05) is 6.61 Å². The van der Waals surface area contributed by atoms with Crippen LogP contribution < -0.4 is 10.9 Å².